The Bertz CT molecular complexity index is 1080. The van der Waals surface area contributed by atoms with Gasteiger partial charge in [0.05, 0.1) is 19.0 Å². The Morgan fingerprint density at radius 3 is 2.97 bits per heavy atom. The summed E-state index contributed by atoms with van der Waals surface area (Å²) in [7, 11) is 0. The number of nitrogens with zero attached hydrogens (tertiary/aromatic N) is 4. The summed E-state index contributed by atoms with van der Waals surface area (Å²) in [6.45, 7) is 3.82. The van der Waals surface area contributed by atoms with E-state index in [1.807, 2.05) is 0 Å². The van der Waals surface area contributed by atoms with Crippen LogP contribution >= 0.6 is 0 Å². The molecule has 0 unspecified atom stereocenters. The monoisotopic (exact) mass is 466 g/mol. The van der Waals surface area contributed by atoms with E-state index in [2.05, 4.69) is 27.8 Å². The van der Waals surface area contributed by atoms with Crippen LogP contribution in [0.1, 0.15) is 42.1 Å². The molecule has 0 radical (unpaired) electrons. The SMILES string of the molecule is O=C(O)C[C@@H](c1cnc2c(c1)OCCN2)N1CCN(CCCc2ccc3c(n2)NCCC3)C1=O. The Hall–Kier alpha value is -3.56. The van der Waals surface area contributed by atoms with Gasteiger partial charge >= 0.3 is 12.0 Å². The number of hydrogen-bond acceptors (Lipinski definition) is 7. The zero-order valence-corrected chi connectivity index (χ0v) is 19.1. The lowest BCUT2D eigenvalue weighted by Gasteiger charge is -2.28. The number of hydrogen-bond donors (Lipinski definition) is 3. The molecule has 1 fully saturated rings. The topological polar surface area (TPSA) is 120 Å². The summed E-state index contributed by atoms with van der Waals surface area (Å²) < 4.78 is 5.66. The van der Waals surface area contributed by atoms with E-state index >= 15 is 0 Å². The minimum Gasteiger partial charge on any atom is -0.488 e. The van der Waals surface area contributed by atoms with Crippen LogP contribution in [0.2, 0.25) is 0 Å². The van der Waals surface area contributed by atoms with Gasteiger partial charge in [-0.2, -0.15) is 0 Å². The molecule has 5 heterocycles. The number of carbonyl (C=O) groups is 2. The lowest BCUT2D eigenvalue weighted by atomic mass is 10.0. The Morgan fingerprint density at radius 2 is 2.09 bits per heavy atom. The number of amides is 2. The van der Waals surface area contributed by atoms with Crippen molar-refractivity contribution in [3.63, 3.8) is 0 Å². The van der Waals surface area contributed by atoms with Gasteiger partial charge in [-0.05, 0) is 48.9 Å². The predicted molar refractivity (Wildman–Crippen MR) is 126 cm³/mol. The van der Waals surface area contributed by atoms with Crippen molar-refractivity contribution in [1.29, 1.82) is 0 Å². The lowest BCUT2D eigenvalue weighted by molar-refractivity contribution is -0.138. The molecule has 2 aromatic heterocycles. The number of fused-ring (bicyclic) bond motifs is 2. The maximum absolute atomic E-state index is 13.2. The van der Waals surface area contributed by atoms with Crippen LogP contribution in [0.5, 0.6) is 5.75 Å². The van der Waals surface area contributed by atoms with Gasteiger partial charge in [0.1, 0.15) is 12.4 Å². The average molecular weight is 467 g/mol. The molecule has 0 bridgehead atoms. The highest BCUT2D eigenvalue weighted by molar-refractivity contribution is 5.78. The number of pyridine rings is 2. The van der Waals surface area contributed by atoms with Crippen molar-refractivity contribution in [2.75, 3.05) is 50.0 Å². The van der Waals surface area contributed by atoms with Gasteiger partial charge in [0.2, 0.25) is 0 Å². The van der Waals surface area contributed by atoms with Crippen molar-refractivity contribution >= 4 is 23.6 Å². The first-order valence-electron chi connectivity index (χ1n) is 11.9. The van der Waals surface area contributed by atoms with Crippen LogP contribution < -0.4 is 15.4 Å². The zero-order chi connectivity index (χ0) is 23.5. The van der Waals surface area contributed by atoms with E-state index < -0.39 is 12.0 Å². The molecule has 0 aromatic carbocycles. The van der Waals surface area contributed by atoms with Crippen LogP contribution in [-0.4, -0.2) is 76.2 Å². The van der Waals surface area contributed by atoms with Gasteiger partial charge in [-0.3, -0.25) is 4.79 Å². The largest absolute Gasteiger partial charge is 0.488 e. The number of aryl methyl sites for hydroxylation is 2. The first kappa shape index (κ1) is 22.2. The number of carbonyl (C=O) groups excluding carboxylic acids is 1. The molecule has 0 saturated carbocycles. The Morgan fingerprint density at radius 1 is 1.21 bits per heavy atom. The van der Waals surface area contributed by atoms with Crippen LogP contribution in [0.25, 0.3) is 0 Å². The van der Waals surface area contributed by atoms with Crippen molar-refractivity contribution in [2.24, 2.45) is 0 Å². The molecule has 10 heteroatoms. The number of urea groups is 1. The molecule has 10 nitrogen and oxygen atoms in total. The van der Waals surface area contributed by atoms with Crippen molar-refractivity contribution in [1.82, 2.24) is 19.8 Å². The third kappa shape index (κ3) is 4.71. The van der Waals surface area contributed by atoms with Crippen LogP contribution in [0, 0.1) is 0 Å². The van der Waals surface area contributed by atoms with Crippen molar-refractivity contribution in [3.8, 4) is 5.75 Å². The first-order chi connectivity index (χ1) is 16.6. The molecule has 180 valence electrons. The Labute approximate surface area is 198 Å². The van der Waals surface area contributed by atoms with Crippen LogP contribution in [0.4, 0.5) is 16.4 Å². The Kier molecular flexibility index (Phi) is 6.37. The average Bonchev–Trinajstić information content (AvgIpc) is 3.22. The molecule has 3 aliphatic heterocycles. The van der Waals surface area contributed by atoms with E-state index in [4.69, 9.17) is 9.72 Å². The second-order valence-electron chi connectivity index (χ2n) is 8.91. The smallest absolute Gasteiger partial charge is 0.320 e. The molecule has 2 amide bonds. The van der Waals surface area contributed by atoms with Gasteiger partial charge in [0.15, 0.2) is 11.6 Å². The molecule has 5 rings (SSSR count). The minimum absolute atomic E-state index is 0.136. The molecule has 34 heavy (non-hydrogen) atoms. The standard InChI is InChI=1S/C24H30N6O4/c31-21(32)14-19(17-13-20-23(27-15-17)26-8-12-34-20)30-11-10-29(24(30)33)9-2-4-18-6-5-16-3-1-7-25-22(16)28-18/h5-6,13,15,19H,1-4,7-12,14H2,(H,25,28)(H,26,27)(H,31,32)/t19-/m0/s1. The van der Waals surface area contributed by atoms with Gasteiger partial charge in [-0.1, -0.05) is 6.07 Å². The zero-order valence-electron chi connectivity index (χ0n) is 19.1. The first-order valence-corrected chi connectivity index (χ1v) is 11.9. The maximum Gasteiger partial charge on any atom is 0.320 e. The fraction of sp³-hybridized carbons (Fsp3) is 0.500. The number of carboxylic acids is 1. The van der Waals surface area contributed by atoms with Gasteiger partial charge < -0.3 is 30.3 Å². The molecular formula is C24H30N6O4. The summed E-state index contributed by atoms with van der Waals surface area (Å²) in [5.74, 6) is 1.26. The summed E-state index contributed by atoms with van der Waals surface area (Å²) in [5, 5.41) is 16.0. The van der Waals surface area contributed by atoms with E-state index in [9.17, 15) is 14.7 Å². The molecule has 3 N–H and O–H groups in total. The second-order valence-corrected chi connectivity index (χ2v) is 8.91. The summed E-state index contributed by atoms with van der Waals surface area (Å²) in [5.41, 5.74) is 2.96. The summed E-state index contributed by atoms with van der Waals surface area (Å²) in [4.78, 5) is 37.4. The van der Waals surface area contributed by atoms with Gasteiger partial charge in [0, 0.05) is 38.1 Å². The highest BCUT2D eigenvalue weighted by Gasteiger charge is 2.36. The number of aromatic nitrogens is 2. The number of aliphatic carboxylic acids is 1. The van der Waals surface area contributed by atoms with E-state index in [1.165, 1.54) is 5.56 Å². The van der Waals surface area contributed by atoms with Crippen molar-refractivity contribution < 1.29 is 19.4 Å². The molecule has 2 aromatic rings. The van der Waals surface area contributed by atoms with Crippen LogP contribution in [-0.2, 0) is 17.6 Å². The normalized spacial score (nSPS) is 17.8. The number of ether oxygens (including phenoxy) is 1. The van der Waals surface area contributed by atoms with Crippen LogP contribution in [0.3, 0.4) is 0 Å². The molecule has 0 aliphatic carbocycles. The van der Waals surface area contributed by atoms with Gasteiger partial charge in [0.25, 0.3) is 0 Å². The van der Waals surface area contributed by atoms with E-state index in [0.29, 0.717) is 49.9 Å². The molecule has 3 aliphatic rings. The highest BCUT2D eigenvalue weighted by Crippen LogP contribution is 2.33. The fourth-order valence-electron chi connectivity index (χ4n) is 4.85. The number of carboxylic acid groups (broad SMARTS) is 1. The quantitative estimate of drug-likeness (QED) is 0.543. The van der Waals surface area contributed by atoms with Gasteiger partial charge in [-0.25, -0.2) is 14.8 Å². The minimum atomic E-state index is -0.958. The highest BCUT2D eigenvalue weighted by atomic mass is 16.5. The molecule has 0 spiro atoms. The summed E-state index contributed by atoms with van der Waals surface area (Å²) in [6, 6.07) is 5.30. The predicted octanol–water partition coefficient (Wildman–Crippen LogP) is 2.53. The molecular weight excluding hydrogens is 436 g/mol. The second kappa shape index (κ2) is 9.74. The molecule has 1 saturated heterocycles. The molecule has 1 atom stereocenters. The summed E-state index contributed by atoms with van der Waals surface area (Å²) in [6.07, 6.45) is 5.24. The van der Waals surface area contributed by atoms with Gasteiger partial charge in [-0.15, -0.1) is 0 Å². The fourth-order valence-corrected chi connectivity index (χ4v) is 4.85. The Balaban J connectivity index is 1.22. The van der Waals surface area contributed by atoms with Crippen molar-refractivity contribution in [2.45, 2.75) is 38.1 Å². The number of anilines is 2. The lowest BCUT2D eigenvalue weighted by Crippen LogP contribution is -2.36. The third-order valence-corrected chi connectivity index (χ3v) is 6.59. The third-order valence-electron chi connectivity index (χ3n) is 6.59. The maximum atomic E-state index is 13.2. The number of nitrogens with one attached hydrogen (secondary N) is 2. The van der Waals surface area contributed by atoms with Crippen LogP contribution in [0.15, 0.2) is 24.4 Å². The summed E-state index contributed by atoms with van der Waals surface area (Å²) >= 11 is 0. The van der Waals surface area contributed by atoms with E-state index in [1.54, 1.807) is 22.1 Å². The van der Waals surface area contributed by atoms with E-state index in [-0.39, 0.29) is 12.5 Å². The van der Waals surface area contributed by atoms with Crippen molar-refractivity contribution in [3.05, 3.63) is 41.2 Å². The number of rotatable bonds is 8. The van der Waals surface area contributed by atoms with E-state index in [0.717, 1.165) is 43.7 Å².